The van der Waals surface area contributed by atoms with E-state index in [4.69, 9.17) is 4.52 Å². The molecule has 1 N–H and O–H groups in total. The van der Waals surface area contributed by atoms with Crippen molar-refractivity contribution in [2.75, 3.05) is 6.54 Å². The Labute approximate surface area is 150 Å². The van der Waals surface area contributed by atoms with Crippen molar-refractivity contribution in [3.63, 3.8) is 0 Å². The lowest BCUT2D eigenvalue weighted by Gasteiger charge is -2.25. The van der Waals surface area contributed by atoms with Crippen molar-refractivity contribution in [2.24, 2.45) is 4.40 Å². The van der Waals surface area contributed by atoms with Crippen molar-refractivity contribution in [1.82, 2.24) is 15.4 Å². The molecule has 0 unspecified atom stereocenters. The second kappa shape index (κ2) is 6.24. The number of nitrogens with one attached hydrogen (secondary N) is 1. The van der Waals surface area contributed by atoms with Gasteiger partial charge in [0.05, 0.1) is 6.54 Å². The molecule has 1 atom stereocenters. The summed E-state index contributed by atoms with van der Waals surface area (Å²) in [6, 6.07) is 8.01. The number of carbonyl (C=O) groups excluding carboxylic acids is 1. The minimum absolute atomic E-state index is 0.173. The van der Waals surface area contributed by atoms with Gasteiger partial charge in [-0.05, 0) is 31.9 Å². The molecule has 1 aromatic carbocycles. The number of hydrogen-bond donors (Lipinski definition) is 1. The van der Waals surface area contributed by atoms with Gasteiger partial charge in [0.2, 0.25) is 5.91 Å². The molecule has 1 aromatic heterocycles. The minimum atomic E-state index is -3.70. The maximum Gasteiger partial charge on any atom is 0.285 e. The molecule has 2 aliphatic rings. The molecular weight excluding hydrogens is 356 g/mol. The normalized spacial score (nSPS) is 20.7. The largest absolute Gasteiger partial charge is 0.361 e. The highest BCUT2D eigenvalue weighted by Crippen LogP contribution is 2.31. The maximum absolute atomic E-state index is 12.7. The molecule has 0 saturated carbocycles. The number of benzene rings is 1. The number of nitrogens with zero attached hydrogens (tertiary/aromatic N) is 3. The summed E-state index contributed by atoms with van der Waals surface area (Å²) in [5.74, 6) is 0.863. The summed E-state index contributed by atoms with van der Waals surface area (Å²) in [6.45, 7) is 2.64. The second-order valence-corrected chi connectivity index (χ2v) is 7.96. The van der Waals surface area contributed by atoms with Crippen LogP contribution in [0.1, 0.15) is 29.9 Å². The monoisotopic (exact) mass is 374 g/mol. The van der Waals surface area contributed by atoms with E-state index in [1.165, 1.54) is 0 Å². The van der Waals surface area contributed by atoms with E-state index >= 15 is 0 Å². The summed E-state index contributed by atoms with van der Waals surface area (Å²) in [6.07, 6.45) is 1.44. The van der Waals surface area contributed by atoms with Gasteiger partial charge in [-0.15, -0.1) is 4.40 Å². The first-order valence-electron chi connectivity index (χ1n) is 8.36. The van der Waals surface area contributed by atoms with Gasteiger partial charge in [0, 0.05) is 18.2 Å². The van der Waals surface area contributed by atoms with E-state index in [1.54, 1.807) is 42.2 Å². The number of likely N-dealkylation sites (tertiary alicyclic amines) is 1. The lowest BCUT2D eigenvalue weighted by atomic mass is 10.1. The Hall–Kier alpha value is -2.68. The van der Waals surface area contributed by atoms with Crippen molar-refractivity contribution in [1.29, 1.82) is 0 Å². The van der Waals surface area contributed by atoms with E-state index in [2.05, 4.69) is 14.9 Å². The first-order valence-corrected chi connectivity index (χ1v) is 9.80. The third-order valence-corrected chi connectivity index (χ3v) is 5.89. The number of fused-ring (bicyclic) bond motifs is 1. The number of aryl methyl sites for hydroxylation is 1. The molecule has 2 aliphatic heterocycles. The Bertz CT molecular complexity index is 996. The zero-order chi connectivity index (χ0) is 18.3. The number of aromatic nitrogens is 1. The van der Waals surface area contributed by atoms with Gasteiger partial charge in [-0.2, -0.15) is 8.42 Å². The summed E-state index contributed by atoms with van der Waals surface area (Å²) in [7, 11) is -3.70. The van der Waals surface area contributed by atoms with Gasteiger partial charge in [0.15, 0.2) is 5.84 Å². The van der Waals surface area contributed by atoms with Crippen molar-refractivity contribution in [2.45, 2.75) is 37.2 Å². The van der Waals surface area contributed by atoms with Gasteiger partial charge in [-0.25, -0.2) is 0 Å². The van der Waals surface area contributed by atoms with Crippen LogP contribution in [0.2, 0.25) is 0 Å². The van der Waals surface area contributed by atoms with Crippen LogP contribution in [0.5, 0.6) is 0 Å². The van der Waals surface area contributed by atoms with Crippen LogP contribution in [0.15, 0.2) is 44.1 Å². The summed E-state index contributed by atoms with van der Waals surface area (Å²) in [5, 5.41) is 6.70. The van der Waals surface area contributed by atoms with Crippen LogP contribution in [-0.2, 0) is 21.4 Å². The smallest absolute Gasteiger partial charge is 0.285 e. The Morgan fingerprint density at radius 1 is 1.38 bits per heavy atom. The summed E-state index contributed by atoms with van der Waals surface area (Å²) in [4.78, 5) is 14.6. The van der Waals surface area contributed by atoms with E-state index in [9.17, 15) is 13.2 Å². The average molecular weight is 374 g/mol. The third kappa shape index (κ3) is 2.88. The number of carbonyl (C=O) groups is 1. The standard InChI is InChI=1S/C17H18N4O4S/c1-11-9-12(19-25-11)10-18-17(22)14-6-4-8-21(14)16-13-5-2-3-7-15(13)26(23,24)20-16/h2-3,5,7,9,14H,4,6,8,10H2,1H3,(H,18,22)/t14-/m0/s1. The average Bonchev–Trinajstić information content (AvgIpc) is 3.31. The topological polar surface area (TPSA) is 105 Å². The number of amidine groups is 1. The fraction of sp³-hybridized carbons (Fsp3) is 0.353. The van der Waals surface area contributed by atoms with E-state index < -0.39 is 16.1 Å². The van der Waals surface area contributed by atoms with Gasteiger partial charge in [-0.3, -0.25) is 4.79 Å². The van der Waals surface area contributed by atoms with Gasteiger partial charge >= 0.3 is 0 Å². The maximum atomic E-state index is 12.7. The number of hydrogen-bond acceptors (Lipinski definition) is 6. The molecule has 1 amide bonds. The molecule has 0 radical (unpaired) electrons. The predicted octanol–water partition coefficient (Wildman–Crippen LogP) is 1.21. The van der Waals surface area contributed by atoms with Gasteiger partial charge in [0.1, 0.15) is 22.4 Å². The number of amides is 1. The molecule has 2 aromatic rings. The first kappa shape index (κ1) is 16.8. The number of sulfonamides is 1. The van der Waals surface area contributed by atoms with E-state index in [0.29, 0.717) is 35.8 Å². The zero-order valence-electron chi connectivity index (χ0n) is 14.2. The lowest BCUT2D eigenvalue weighted by Crippen LogP contribution is -2.45. The van der Waals surface area contributed by atoms with Gasteiger partial charge < -0.3 is 14.7 Å². The summed E-state index contributed by atoms with van der Waals surface area (Å²) >= 11 is 0. The van der Waals surface area contributed by atoms with Gasteiger partial charge in [-0.1, -0.05) is 17.3 Å². The van der Waals surface area contributed by atoms with Crippen LogP contribution in [0.3, 0.4) is 0 Å². The molecule has 0 bridgehead atoms. The zero-order valence-corrected chi connectivity index (χ0v) is 15.0. The highest BCUT2D eigenvalue weighted by atomic mass is 32.2. The number of rotatable bonds is 3. The predicted molar refractivity (Wildman–Crippen MR) is 93.0 cm³/mol. The molecule has 8 nitrogen and oxygen atoms in total. The second-order valence-electron chi connectivity index (χ2n) is 6.38. The van der Waals surface area contributed by atoms with E-state index in [-0.39, 0.29) is 17.3 Å². The van der Waals surface area contributed by atoms with E-state index in [1.807, 2.05) is 0 Å². The Morgan fingerprint density at radius 3 is 2.96 bits per heavy atom. The van der Waals surface area contributed by atoms with Crippen molar-refractivity contribution >= 4 is 21.8 Å². The molecule has 26 heavy (non-hydrogen) atoms. The summed E-state index contributed by atoms with van der Waals surface area (Å²) in [5.41, 5.74) is 1.20. The van der Waals surface area contributed by atoms with Crippen molar-refractivity contribution in [3.05, 3.63) is 47.3 Å². The van der Waals surface area contributed by atoms with Crippen LogP contribution >= 0.6 is 0 Å². The molecule has 136 valence electrons. The van der Waals surface area contributed by atoms with Crippen molar-refractivity contribution < 1.29 is 17.7 Å². The van der Waals surface area contributed by atoms with Crippen molar-refractivity contribution in [3.8, 4) is 0 Å². The minimum Gasteiger partial charge on any atom is -0.361 e. The third-order valence-electron chi connectivity index (χ3n) is 4.56. The molecule has 3 heterocycles. The van der Waals surface area contributed by atoms with Crippen LogP contribution < -0.4 is 5.32 Å². The Morgan fingerprint density at radius 2 is 2.19 bits per heavy atom. The molecule has 0 spiro atoms. The molecule has 9 heteroatoms. The van der Waals surface area contributed by atoms with Crippen LogP contribution in [0, 0.1) is 6.92 Å². The molecule has 4 rings (SSSR count). The van der Waals surface area contributed by atoms with Crippen LogP contribution in [-0.4, -0.2) is 42.8 Å². The summed E-state index contributed by atoms with van der Waals surface area (Å²) < 4.78 is 33.5. The molecule has 1 saturated heterocycles. The van der Waals surface area contributed by atoms with Gasteiger partial charge in [0.25, 0.3) is 10.0 Å². The Kier molecular flexibility index (Phi) is 4.03. The Balaban J connectivity index is 1.55. The fourth-order valence-electron chi connectivity index (χ4n) is 3.39. The molecule has 0 aliphatic carbocycles. The first-order chi connectivity index (χ1) is 12.5. The lowest BCUT2D eigenvalue weighted by molar-refractivity contribution is -0.124. The van der Waals surface area contributed by atoms with E-state index in [0.717, 1.165) is 6.42 Å². The molecular formula is C17H18N4O4S. The highest BCUT2D eigenvalue weighted by Gasteiger charge is 2.39. The molecule has 1 fully saturated rings. The van der Waals surface area contributed by atoms with Crippen LogP contribution in [0.25, 0.3) is 0 Å². The van der Waals surface area contributed by atoms with Crippen LogP contribution in [0.4, 0.5) is 0 Å². The fourth-order valence-corrected chi connectivity index (χ4v) is 4.60. The highest BCUT2D eigenvalue weighted by molar-refractivity contribution is 7.90. The SMILES string of the molecule is Cc1cc(CNC(=O)[C@@H]2CCCN2C2=NS(=O)(=O)c3ccccc32)no1. The quantitative estimate of drug-likeness (QED) is 0.866.